The van der Waals surface area contributed by atoms with Crippen molar-refractivity contribution in [3.63, 3.8) is 0 Å². The summed E-state index contributed by atoms with van der Waals surface area (Å²) in [6, 6.07) is 17.0. The molecule has 2 N–H and O–H groups in total. The molecule has 9 nitrogen and oxygen atoms in total. The Balaban J connectivity index is 1.78. The lowest BCUT2D eigenvalue weighted by atomic mass is 10.1. The summed E-state index contributed by atoms with van der Waals surface area (Å²) in [5.74, 6) is 0.739. The van der Waals surface area contributed by atoms with E-state index in [4.69, 9.17) is 16.3 Å². The van der Waals surface area contributed by atoms with E-state index in [9.17, 15) is 18.5 Å². The molecule has 3 aromatic rings. The summed E-state index contributed by atoms with van der Waals surface area (Å²) in [4.78, 5) is 10.6. The third-order valence-electron chi connectivity index (χ3n) is 4.56. The molecule has 0 aliphatic rings. The van der Waals surface area contributed by atoms with Crippen LogP contribution in [0.5, 0.6) is 5.75 Å². The molecule has 0 spiro atoms. The van der Waals surface area contributed by atoms with Gasteiger partial charge in [0.1, 0.15) is 11.4 Å². The van der Waals surface area contributed by atoms with Crippen LogP contribution in [0.2, 0.25) is 5.02 Å². The summed E-state index contributed by atoms with van der Waals surface area (Å²) < 4.78 is 32.8. The maximum Gasteiger partial charge on any atom is 0.295 e. The SMILES string of the molecule is COc1ccc(C/C(C)=N/Nc2ccc(S(=O)(=O)Nc3ccc(Cl)cc3)cc2[N+](=O)[O-])cc1. The molecule has 0 saturated heterocycles. The van der Waals surface area contributed by atoms with E-state index in [0.717, 1.165) is 17.4 Å². The second kappa shape index (κ2) is 10.3. The number of nitro groups is 1. The first-order valence-electron chi connectivity index (χ1n) is 9.67. The van der Waals surface area contributed by atoms with Crippen LogP contribution in [0.3, 0.4) is 0 Å². The van der Waals surface area contributed by atoms with Crippen molar-refractivity contribution < 1.29 is 18.1 Å². The van der Waals surface area contributed by atoms with Gasteiger partial charge in [0, 0.05) is 28.9 Å². The standard InChI is InChI=1S/C22H21ClN4O5S/c1-15(13-16-3-9-19(32-2)10-4-16)24-25-21-12-11-20(14-22(21)27(28)29)33(30,31)26-18-7-5-17(23)6-8-18/h3-12,14,25-26H,13H2,1-2H3/b24-15+. The lowest BCUT2D eigenvalue weighted by Crippen LogP contribution is -2.13. The topological polar surface area (TPSA) is 123 Å². The summed E-state index contributed by atoms with van der Waals surface area (Å²) >= 11 is 5.81. The predicted molar refractivity (Wildman–Crippen MR) is 129 cm³/mol. The zero-order valence-corrected chi connectivity index (χ0v) is 19.4. The fourth-order valence-corrected chi connectivity index (χ4v) is 4.09. The molecule has 3 rings (SSSR count). The molecule has 0 fully saturated rings. The van der Waals surface area contributed by atoms with E-state index in [2.05, 4.69) is 15.2 Å². The maximum atomic E-state index is 12.7. The molecule has 0 heterocycles. The van der Waals surface area contributed by atoms with Gasteiger partial charge in [-0.2, -0.15) is 5.10 Å². The number of nitrogens with one attached hydrogen (secondary N) is 2. The quantitative estimate of drug-likeness (QED) is 0.246. The summed E-state index contributed by atoms with van der Waals surface area (Å²) in [7, 11) is -2.46. The van der Waals surface area contributed by atoms with E-state index in [1.54, 1.807) is 14.0 Å². The van der Waals surface area contributed by atoms with Crippen molar-refractivity contribution in [3.8, 4) is 5.75 Å². The van der Waals surface area contributed by atoms with Crippen LogP contribution in [0.15, 0.2) is 76.7 Å². The van der Waals surface area contributed by atoms with Crippen molar-refractivity contribution in [1.82, 2.24) is 0 Å². The third-order valence-corrected chi connectivity index (χ3v) is 6.19. The molecule has 0 amide bonds. The summed E-state index contributed by atoms with van der Waals surface area (Å²) in [6.07, 6.45) is 0.516. The second-order valence-corrected chi connectivity index (χ2v) is 9.15. The number of rotatable bonds is 9. The number of hydrazone groups is 1. The van der Waals surface area contributed by atoms with Crippen LogP contribution >= 0.6 is 11.6 Å². The number of hydrogen-bond acceptors (Lipinski definition) is 7. The number of benzene rings is 3. The van der Waals surface area contributed by atoms with Crippen LogP contribution in [0.4, 0.5) is 17.1 Å². The van der Waals surface area contributed by atoms with Gasteiger partial charge in [0.05, 0.1) is 16.9 Å². The Morgan fingerprint density at radius 2 is 1.76 bits per heavy atom. The van der Waals surface area contributed by atoms with E-state index < -0.39 is 20.6 Å². The Morgan fingerprint density at radius 3 is 2.36 bits per heavy atom. The molecule has 0 aliphatic carbocycles. The third kappa shape index (κ3) is 6.43. The van der Waals surface area contributed by atoms with Crippen LogP contribution in [0.1, 0.15) is 12.5 Å². The Hall–Kier alpha value is -3.63. The summed E-state index contributed by atoms with van der Waals surface area (Å²) in [5.41, 5.74) is 4.26. The monoisotopic (exact) mass is 488 g/mol. The zero-order chi connectivity index (χ0) is 24.0. The van der Waals surface area contributed by atoms with Gasteiger partial charge >= 0.3 is 0 Å². The van der Waals surface area contributed by atoms with Crippen LogP contribution in [0, 0.1) is 10.1 Å². The van der Waals surface area contributed by atoms with Gasteiger partial charge in [0.25, 0.3) is 15.7 Å². The molecule has 172 valence electrons. The van der Waals surface area contributed by atoms with Crippen molar-refractivity contribution >= 4 is 44.4 Å². The highest BCUT2D eigenvalue weighted by Gasteiger charge is 2.21. The molecule has 0 unspecified atom stereocenters. The normalized spacial score (nSPS) is 11.7. The molecule has 0 radical (unpaired) electrons. The van der Waals surface area contributed by atoms with Gasteiger partial charge in [-0.3, -0.25) is 20.3 Å². The average molecular weight is 489 g/mol. The first-order chi connectivity index (χ1) is 15.7. The molecule has 0 saturated carbocycles. The fourth-order valence-electron chi connectivity index (χ4n) is 2.89. The van der Waals surface area contributed by atoms with Crippen molar-refractivity contribution in [3.05, 3.63) is 87.4 Å². The number of anilines is 2. The summed E-state index contributed by atoms with van der Waals surface area (Å²) in [6.45, 7) is 1.78. The van der Waals surface area contributed by atoms with Crippen LogP contribution in [-0.2, 0) is 16.4 Å². The molecule has 11 heteroatoms. The zero-order valence-electron chi connectivity index (χ0n) is 17.8. The van der Waals surface area contributed by atoms with E-state index in [1.807, 2.05) is 24.3 Å². The maximum absolute atomic E-state index is 12.7. The van der Waals surface area contributed by atoms with E-state index in [0.29, 0.717) is 17.2 Å². The van der Waals surface area contributed by atoms with Gasteiger partial charge in [-0.25, -0.2) is 8.42 Å². The molecular formula is C22H21ClN4O5S. The van der Waals surface area contributed by atoms with Gasteiger partial charge in [-0.1, -0.05) is 23.7 Å². The Labute approximate surface area is 196 Å². The number of nitro benzene ring substituents is 1. The van der Waals surface area contributed by atoms with Crippen molar-refractivity contribution in [2.24, 2.45) is 5.10 Å². The number of methoxy groups -OCH3 is 1. The lowest BCUT2D eigenvalue weighted by Gasteiger charge is -2.10. The van der Waals surface area contributed by atoms with Gasteiger partial charge < -0.3 is 4.74 Å². The van der Waals surface area contributed by atoms with E-state index >= 15 is 0 Å². The predicted octanol–water partition coefficient (Wildman–Crippen LogP) is 5.09. The largest absolute Gasteiger partial charge is 0.497 e. The first-order valence-corrected chi connectivity index (χ1v) is 11.5. The number of halogens is 1. The Morgan fingerprint density at radius 1 is 1.09 bits per heavy atom. The highest BCUT2D eigenvalue weighted by atomic mass is 35.5. The van der Waals surface area contributed by atoms with Gasteiger partial charge in [0.15, 0.2) is 0 Å². The van der Waals surface area contributed by atoms with E-state index in [-0.39, 0.29) is 16.3 Å². The smallest absolute Gasteiger partial charge is 0.295 e. The molecule has 0 bridgehead atoms. The molecule has 3 aromatic carbocycles. The number of ether oxygens (including phenoxy) is 1. The fraction of sp³-hybridized carbons (Fsp3) is 0.136. The van der Waals surface area contributed by atoms with Crippen molar-refractivity contribution in [2.75, 3.05) is 17.3 Å². The number of hydrogen-bond donors (Lipinski definition) is 2. The van der Waals surface area contributed by atoms with Gasteiger partial charge in [-0.15, -0.1) is 0 Å². The minimum Gasteiger partial charge on any atom is -0.497 e. The van der Waals surface area contributed by atoms with Gasteiger partial charge in [-0.05, 0) is 61.0 Å². The van der Waals surface area contributed by atoms with Crippen molar-refractivity contribution in [1.29, 1.82) is 0 Å². The Bertz CT molecular complexity index is 1280. The minimum atomic E-state index is -4.05. The number of sulfonamides is 1. The highest BCUT2D eigenvalue weighted by Crippen LogP contribution is 2.29. The highest BCUT2D eigenvalue weighted by molar-refractivity contribution is 7.92. The second-order valence-electron chi connectivity index (χ2n) is 7.03. The van der Waals surface area contributed by atoms with E-state index in [1.165, 1.54) is 36.4 Å². The molecule has 0 aromatic heterocycles. The van der Waals surface area contributed by atoms with Crippen LogP contribution in [0.25, 0.3) is 0 Å². The summed E-state index contributed by atoms with van der Waals surface area (Å²) in [5, 5.41) is 16.2. The van der Waals surface area contributed by atoms with Crippen LogP contribution in [-0.4, -0.2) is 26.2 Å². The van der Waals surface area contributed by atoms with Crippen LogP contribution < -0.4 is 14.9 Å². The molecule has 0 atom stereocenters. The number of nitrogens with zero attached hydrogens (tertiary/aromatic N) is 2. The molecule has 0 aliphatic heterocycles. The molecular weight excluding hydrogens is 468 g/mol. The lowest BCUT2D eigenvalue weighted by molar-refractivity contribution is -0.384. The molecule has 33 heavy (non-hydrogen) atoms. The minimum absolute atomic E-state index is 0.0690. The Kier molecular flexibility index (Phi) is 7.52. The van der Waals surface area contributed by atoms with Gasteiger partial charge in [0.2, 0.25) is 0 Å². The first kappa shape index (κ1) is 24.0. The average Bonchev–Trinajstić information content (AvgIpc) is 2.79. The van der Waals surface area contributed by atoms with Crippen molar-refractivity contribution in [2.45, 2.75) is 18.2 Å².